The zero-order valence-electron chi connectivity index (χ0n) is 9.12. The lowest BCUT2D eigenvalue weighted by Crippen LogP contribution is -1.70. The summed E-state index contributed by atoms with van der Waals surface area (Å²) < 4.78 is 0. The third kappa shape index (κ3) is 4.04. The van der Waals surface area contributed by atoms with E-state index in [1.54, 1.807) is 0 Å². The SMILES string of the molecule is CC1=CCC=N1.Cc1ccc(C)cc1. The van der Waals surface area contributed by atoms with Crippen molar-refractivity contribution in [1.29, 1.82) is 0 Å². The van der Waals surface area contributed by atoms with Crippen LogP contribution < -0.4 is 0 Å². The number of allylic oxidation sites excluding steroid dienone is 2. The molecule has 0 bridgehead atoms. The van der Waals surface area contributed by atoms with E-state index in [9.17, 15) is 0 Å². The molecule has 0 fully saturated rings. The summed E-state index contributed by atoms with van der Waals surface area (Å²) in [6.45, 7) is 6.20. The van der Waals surface area contributed by atoms with Crippen LogP contribution in [-0.4, -0.2) is 6.21 Å². The normalized spacial score (nSPS) is 13.2. The highest BCUT2D eigenvalue weighted by Gasteiger charge is 1.85. The van der Waals surface area contributed by atoms with Crippen LogP contribution in [0.5, 0.6) is 0 Å². The highest BCUT2D eigenvalue weighted by Crippen LogP contribution is 2.01. The van der Waals surface area contributed by atoms with Crippen molar-refractivity contribution >= 4 is 6.21 Å². The quantitative estimate of drug-likeness (QED) is 0.587. The van der Waals surface area contributed by atoms with Crippen molar-refractivity contribution in [2.45, 2.75) is 27.2 Å². The molecule has 1 aliphatic heterocycles. The van der Waals surface area contributed by atoms with Gasteiger partial charge < -0.3 is 0 Å². The Bertz CT molecular complexity index is 307. The predicted molar refractivity (Wildman–Crippen MR) is 62.8 cm³/mol. The average molecular weight is 187 g/mol. The maximum Gasteiger partial charge on any atom is 0.0332 e. The molecule has 2 rings (SSSR count). The van der Waals surface area contributed by atoms with Crippen LogP contribution in [0.1, 0.15) is 24.5 Å². The molecule has 0 aromatic heterocycles. The Morgan fingerprint density at radius 3 is 1.64 bits per heavy atom. The Morgan fingerprint density at radius 2 is 1.43 bits per heavy atom. The maximum absolute atomic E-state index is 3.97. The summed E-state index contributed by atoms with van der Waals surface area (Å²) in [4.78, 5) is 3.97. The molecule has 0 spiro atoms. The first-order valence-corrected chi connectivity index (χ1v) is 4.91. The van der Waals surface area contributed by atoms with Crippen molar-refractivity contribution in [3.05, 3.63) is 47.2 Å². The summed E-state index contributed by atoms with van der Waals surface area (Å²) in [7, 11) is 0. The van der Waals surface area contributed by atoms with E-state index in [4.69, 9.17) is 0 Å². The molecule has 1 heteroatoms. The number of hydrogen-bond acceptors (Lipinski definition) is 1. The summed E-state index contributed by atoms with van der Waals surface area (Å²) in [5, 5.41) is 0. The minimum atomic E-state index is 1.03. The van der Waals surface area contributed by atoms with Gasteiger partial charge in [0.05, 0.1) is 0 Å². The molecule has 1 nitrogen and oxygen atoms in total. The summed E-state index contributed by atoms with van der Waals surface area (Å²) in [6, 6.07) is 8.48. The van der Waals surface area contributed by atoms with Crippen LogP contribution in [0, 0.1) is 13.8 Å². The van der Waals surface area contributed by atoms with Gasteiger partial charge in [-0.05, 0) is 20.8 Å². The molecule has 14 heavy (non-hydrogen) atoms. The first kappa shape index (κ1) is 10.7. The van der Waals surface area contributed by atoms with E-state index in [1.165, 1.54) is 11.1 Å². The van der Waals surface area contributed by atoms with E-state index in [2.05, 4.69) is 49.2 Å². The molecule has 0 N–H and O–H groups in total. The monoisotopic (exact) mass is 187 g/mol. The number of aliphatic imine (C=N–C) groups is 1. The first-order chi connectivity index (χ1) is 6.68. The van der Waals surface area contributed by atoms with Gasteiger partial charge in [0.15, 0.2) is 0 Å². The van der Waals surface area contributed by atoms with Gasteiger partial charge in [-0.3, -0.25) is 4.99 Å². The summed E-state index contributed by atoms with van der Waals surface area (Å²) >= 11 is 0. The molecule has 0 saturated heterocycles. The second kappa shape index (κ2) is 5.38. The minimum Gasteiger partial charge on any atom is -0.266 e. The Hall–Kier alpha value is -1.37. The molecule has 0 saturated carbocycles. The molecule has 0 amide bonds. The number of benzene rings is 1. The third-order valence-corrected chi connectivity index (χ3v) is 2.03. The topological polar surface area (TPSA) is 12.4 Å². The second-order valence-electron chi connectivity index (χ2n) is 3.55. The molecule has 1 aliphatic rings. The zero-order chi connectivity index (χ0) is 10.4. The smallest absolute Gasteiger partial charge is 0.0332 e. The van der Waals surface area contributed by atoms with Crippen molar-refractivity contribution in [2.75, 3.05) is 0 Å². The number of hydrogen-bond donors (Lipinski definition) is 0. The van der Waals surface area contributed by atoms with Crippen LogP contribution in [0.15, 0.2) is 41.0 Å². The van der Waals surface area contributed by atoms with Crippen molar-refractivity contribution < 1.29 is 0 Å². The van der Waals surface area contributed by atoms with E-state index in [-0.39, 0.29) is 0 Å². The molecule has 1 aromatic carbocycles. The van der Waals surface area contributed by atoms with Crippen LogP contribution in [-0.2, 0) is 0 Å². The van der Waals surface area contributed by atoms with Gasteiger partial charge in [-0.2, -0.15) is 0 Å². The van der Waals surface area contributed by atoms with Gasteiger partial charge in [-0.15, -0.1) is 0 Å². The fourth-order valence-electron chi connectivity index (χ4n) is 1.11. The van der Waals surface area contributed by atoms with Crippen molar-refractivity contribution in [2.24, 2.45) is 4.99 Å². The van der Waals surface area contributed by atoms with E-state index in [0.29, 0.717) is 0 Å². The van der Waals surface area contributed by atoms with Gasteiger partial charge in [0, 0.05) is 18.3 Å². The average Bonchev–Trinajstić information content (AvgIpc) is 2.63. The lowest BCUT2D eigenvalue weighted by atomic mass is 10.2. The lowest BCUT2D eigenvalue weighted by Gasteiger charge is -1.90. The van der Waals surface area contributed by atoms with Crippen molar-refractivity contribution in [3.63, 3.8) is 0 Å². The Morgan fingerprint density at radius 1 is 0.929 bits per heavy atom. The standard InChI is InChI=1S/C8H10.C5H7N/c1-7-3-5-8(2)6-4-7;1-5-3-2-4-6-5/h3-6H,1-2H3;3-4H,2H2,1H3. The van der Waals surface area contributed by atoms with E-state index >= 15 is 0 Å². The van der Waals surface area contributed by atoms with Gasteiger partial charge in [-0.25, -0.2) is 0 Å². The molecular weight excluding hydrogens is 170 g/mol. The van der Waals surface area contributed by atoms with Gasteiger partial charge in [-0.1, -0.05) is 41.5 Å². The molecule has 0 radical (unpaired) electrons. The molecule has 0 unspecified atom stereocenters. The van der Waals surface area contributed by atoms with Crippen LogP contribution in [0.25, 0.3) is 0 Å². The third-order valence-electron chi connectivity index (χ3n) is 2.03. The van der Waals surface area contributed by atoms with Crippen LogP contribution in [0.4, 0.5) is 0 Å². The molecule has 0 aliphatic carbocycles. The van der Waals surface area contributed by atoms with E-state index in [0.717, 1.165) is 12.1 Å². The van der Waals surface area contributed by atoms with E-state index < -0.39 is 0 Å². The first-order valence-electron chi connectivity index (χ1n) is 4.91. The van der Waals surface area contributed by atoms with Gasteiger partial charge in [0.1, 0.15) is 0 Å². The Labute approximate surface area is 86.2 Å². The summed E-state index contributed by atoms with van der Waals surface area (Å²) in [6.07, 6.45) is 5.04. The summed E-state index contributed by atoms with van der Waals surface area (Å²) in [5.41, 5.74) is 3.81. The number of nitrogens with zero attached hydrogens (tertiary/aromatic N) is 1. The molecule has 0 atom stereocenters. The van der Waals surface area contributed by atoms with E-state index in [1.807, 2.05) is 13.1 Å². The molecule has 74 valence electrons. The molecular formula is C13H17N. The number of aryl methyl sites for hydroxylation is 2. The zero-order valence-corrected chi connectivity index (χ0v) is 9.12. The highest BCUT2D eigenvalue weighted by atomic mass is 14.7. The fraction of sp³-hybridized carbons (Fsp3) is 0.308. The fourth-order valence-corrected chi connectivity index (χ4v) is 1.11. The minimum absolute atomic E-state index is 1.03. The lowest BCUT2D eigenvalue weighted by molar-refractivity contribution is 1.34. The largest absolute Gasteiger partial charge is 0.266 e. The maximum atomic E-state index is 3.97. The van der Waals surface area contributed by atoms with Gasteiger partial charge >= 0.3 is 0 Å². The molecule has 1 heterocycles. The van der Waals surface area contributed by atoms with Crippen molar-refractivity contribution in [1.82, 2.24) is 0 Å². The van der Waals surface area contributed by atoms with Crippen LogP contribution in [0.3, 0.4) is 0 Å². The Kier molecular flexibility index (Phi) is 4.11. The second-order valence-corrected chi connectivity index (χ2v) is 3.55. The highest BCUT2D eigenvalue weighted by molar-refractivity contribution is 5.64. The summed E-state index contributed by atoms with van der Waals surface area (Å²) in [5.74, 6) is 0. The predicted octanol–water partition coefficient (Wildman–Crippen LogP) is 3.67. The van der Waals surface area contributed by atoms with Gasteiger partial charge in [0.2, 0.25) is 0 Å². The van der Waals surface area contributed by atoms with Gasteiger partial charge in [0.25, 0.3) is 0 Å². The van der Waals surface area contributed by atoms with Crippen molar-refractivity contribution in [3.8, 4) is 0 Å². The molecule has 1 aromatic rings. The Balaban J connectivity index is 0.000000146. The van der Waals surface area contributed by atoms with Crippen LogP contribution in [0.2, 0.25) is 0 Å². The number of rotatable bonds is 0. The van der Waals surface area contributed by atoms with Crippen LogP contribution >= 0.6 is 0 Å².